The summed E-state index contributed by atoms with van der Waals surface area (Å²) in [6.07, 6.45) is 3.22. The van der Waals surface area contributed by atoms with E-state index >= 15 is 0 Å². The quantitative estimate of drug-likeness (QED) is 0.610. The lowest BCUT2D eigenvalue weighted by atomic mass is 10.0. The van der Waals surface area contributed by atoms with Gasteiger partial charge in [0.25, 0.3) is 11.8 Å². The molecule has 2 N–H and O–H groups in total. The smallest absolute Gasteiger partial charge is 0.267 e. The Morgan fingerprint density at radius 2 is 2.06 bits per heavy atom. The van der Waals surface area contributed by atoms with Crippen LogP contribution in [0, 0.1) is 5.82 Å². The average molecular weight is 466 g/mol. The second kappa shape index (κ2) is 8.48. The number of carbonyl (C=O) groups excluding carboxylic acids is 2. The molecule has 0 spiro atoms. The van der Waals surface area contributed by atoms with E-state index in [9.17, 15) is 14.0 Å². The molecular formula is C25H21ClFN3O3. The van der Waals surface area contributed by atoms with Crippen LogP contribution in [0.3, 0.4) is 0 Å². The van der Waals surface area contributed by atoms with Gasteiger partial charge in [-0.1, -0.05) is 29.8 Å². The van der Waals surface area contributed by atoms with Crippen molar-refractivity contribution in [2.45, 2.75) is 31.8 Å². The van der Waals surface area contributed by atoms with Crippen molar-refractivity contribution in [3.05, 3.63) is 93.0 Å². The maximum absolute atomic E-state index is 14.6. The highest BCUT2D eigenvalue weighted by atomic mass is 35.5. The van der Waals surface area contributed by atoms with Gasteiger partial charge in [-0.2, -0.15) is 0 Å². The summed E-state index contributed by atoms with van der Waals surface area (Å²) >= 11 is 6.16. The molecule has 1 aliphatic carbocycles. The van der Waals surface area contributed by atoms with Gasteiger partial charge in [0, 0.05) is 29.7 Å². The van der Waals surface area contributed by atoms with Crippen molar-refractivity contribution in [3.63, 3.8) is 0 Å². The molecule has 0 radical (unpaired) electrons. The number of halogens is 2. The zero-order valence-electron chi connectivity index (χ0n) is 17.7. The fourth-order valence-electron chi connectivity index (χ4n) is 4.78. The standard InChI is InChI=1S/C25H21ClFN3O3/c26-16-11-19-17(20(27)12-16)6-7-21(19)30(13-15-4-2-9-29-22(15)24(28)31)25(32)18-5-1-3-14-8-10-33-23(14)18/h1-5,9,11-12,21H,6-8,10,13H2,(H2,28,31)/t21-/m1/s1. The van der Waals surface area contributed by atoms with E-state index in [1.807, 2.05) is 12.1 Å². The Hall–Kier alpha value is -3.45. The number of primary amides is 1. The number of ether oxygens (including phenoxy) is 1. The summed E-state index contributed by atoms with van der Waals surface area (Å²) in [5, 5.41) is 0.272. The molecule has 5 rings (SSSR count). The number of benzene rings is 2. The lowest BCUT2D eigenvalue weighted by molar-refractivity contribution is 0.0652. The van der Waals surface area contributed by atoms with E-state index in [0.29, 0.717) is 47.5 Å². The third kappa shape index (κ3) is 3.82. The Bertz CT molecular complexity index is 1280. The van der Waals surface area contributed by atoms with E-state index in [4.69, 9.17) is 22.1 Å². The molecule has 1 aliphatic heterocycles. The number of para-hydroxylation sites is 1. The summed E-state index contributed by atoms with van der Waals surface area (Å²) in [5.41, 5.74) is 8.78. The monoisotopic (exact) mass is 465 g/mol. The predicted molar refractivity (Wildman–Crippen MR) is 121 cm³/mol. The first-order valence-corrected chi connectivity index (χ1v) is 11.1. The Labute approximate surface area is 195 Å². The summed E-state index contributed by atoms with van der Waals surface area (Å²) in [6.45, 7) is 0.591. The van der Waals surface area contributed by atoms with Gasteiger partial charge >= 0.3 is 0 Å². The largest absolute Gasteiger partial charge is 0.492 e. The first kappa shape index (κ1) is 21.4. The topological polar surface area (TPSA) is 85.5 Å². The van der Waals surface area contributed by atoms with Gasteiger partial charge in [-0.3, -0.25) is 14.6 Å². The van der Waals surface area contributed by atoms with Crippen LogP contribution in [-0.4, -0.2) is 28.3 Å². The molecule has 0 bridgehead atoms. The summed E-state index contributed by atoms with van der Waals surface area (Å²) < 4.78 is 20.4. The number of rotatable bonds is 5. The van der Waals surface area contributed by atoms with Crippen molar-refractivity contribution in [2.75, 3.05) is 6.61 Å². The molecule has 8 heteroatoms. The van der Waals surface area contributed by atoms with Crippen LogP contribution >= 0.6 is 11.6 Å². The second-order valence-corrected chi connectivity index (χ2v) is 8.65. The number of pyridine rings is 1. The molecule has 2 heterocycles. The van der Waals surface area contributed by atoms with Crippen molar-refractivity contribution >= 4 is 23.4 Å². The first-order valence-electron chi connectivity index (χ1n) is 10.7. The van der Waals surface area contributed by atoms with Gasteiger partial charge in [0.05, 0.1) is 18.2 Å². The fourth-order valence-corrected chi connectivity index (χ4v) is 4.99. The predicted octanol–water partition coefficient (Wildman–Crippen LogP) is 4.24. The maximum atomic E-state index is 14.6. The van der Waals surface area contributed by atoms with E-state index < -0.39 is 11.9 Å². The molecule has 1 atom stereocenters. The average Bonchev–Trinajstić information content (AvgIpc) is 3.44. The minimum atomic E-state index is -0.678. The van der Waals surface area contributed by atoms with Crippen LogP contribution in [0.4, 0.5) is 4.39 Å². The highest BCUT2D eigenvalue weighted by molar-refractivity contribution is 6.30. The highest BCUT2D eigenvalue weighted by Gasteiger charge is 2.36. The van der Waals surface area contributed by atoms with Gasteiger partial charge in [-0.25, -0.2) is 4.39 Å². The molecule has 33 heavy (non-hydrogen) atoms. The molecule has 2 aliphatic rings. The second-order valence-electron chi connectivity index (χ2n) is 8.21. The van der Waals surface area contributed by atoms with Gasteiger partial charge in [0.2, 0.25) is 0 Å². The molecule has 6 nitrogen and oxygen atoms in total. The van der Waals surface area contributed by atoms with Crippen LogP contribution in [0.2, 0.25) is 5.02 Å². The molecule has 0 saturated heterocycles. The van der Waals surface area contributed by atoms with Crippen molar-refractivity contribution in [1.82, 2.24) is 9.88 Å². The first-order chi connectivity index (χ1) is 15.9. The van der Waals surface area contributed by atoms with Gasteiger partial charge in [0.15, 0.2) is 0 Å². The number of nitrogens with zero attached hydrogens (tertiary/aromatic N) is 2. The summed E-state index contributed by atoms with van der Waals surface area (Å²) in [7, 11) is 0. The third-order valence-electron chi connectivity index (χ3n) is 6.27. The van der Waals surface area contributed by atoms with Gasteiger partial charge in [-0.15, -0.1) is 0 Å². The number of hydrogen-bond acceptors (Lipinski definition) is 4. The zero-order valence-corrected chi connectivity index (χ0v) is 18.4. The molecule has 0 unspecified atom stereocenters. The Morgan fingerprint density at radius 3 is 2.88 bits per heavy atom. The normalized spacial score (nSPS) is 16.1. The molecule has 2 aromatic carbocycles. The van der Waals surface area contributed by atoms with E-state index in [0.717, 1.165) is 12.0 Å². The van der Waals surface area contributed by atoms with Crippen LogP contribution in [0.5, 0.6) is 5.75 Å². The molecule has 3 aromatic rings. The summed E-state index contributed by atoms with van der Waals surface area (Å²) in [6, 6.07) is 11.5. The van der Waals surface area contributed by atoms with Crippen LogP contribution in [0.1, 0.15) is 55.6 Å². The molecule has 0 fully saturated rings. The summed E-state index contributed by atoms with van der Waals surface area (Å²) in [4.78, 5) is 31.7. The number of nitrogens with two attached hydrogens (primary N) is 1. The Kier molecular flexibility index (Phi) is 5.50. The lowest BCUT2D eigenvalue weighted by Gasteiger charge is -2.31. The van der Waals surface area contributed by atoms with Crippen LogP contribution in [0.25, 0.3) is 0 Å². The number of amides is 2. The SMILES string of the molecule is NC(=O)c1ncccc1CN(C(=O)c1cccc2c1OCC2)[C@@H]1CCc2c(F)cc(Cl)cc21. The molecule has 1 aromatic heterocycles. The van der Waals surface area contributed by atoms with Crippen LogP contribution < -0.4 is 10.5 Å². The maximum Gasteiger partial charge on any atom is 0.267 e. The highest BCUT2D eigenvalue weighted by Crippen LogP contribution is 2.41. The van der Waals surface area contributed by atoms with Gasteiger partial charge in [0.1, 0.15) is 17.3 Å². The van der Waals surface area contributed by atoms with Crippen molar-refractivity contribution in [2.24, 2.45) is 5.73 Å². The van der Waals surface area contributed by atoms with Crippen LogP contribution in [-0.2, 0) is 19.4 Å². The number of carbonyl (C=O) groups is 2. The molecular weight excluding hydrogens is 445 g/mol. The number of fused-ring (bicyclic) bond motifs is 2. The van der Waals surface area contributed by atoms with E-state index in [1.165, 1.54) is 12.3 Å². The van der Waals surface area contributed by atoms with E-state index in [-0.39, 0.29) is 29.0 Å². The van der Waals surface area contributed by atoms with Gasteiger partial charge < -0.3 is 15.4 Å². The van der Waals surface area contributed by atoms with E-state index in [2.05, 4.69) is 4.98 Å². The Balaban J connectivity index is 1.61. The summed E-state index contributed by atoms with van der Waals surface area (Å²) in [5.74, 6) is -0.756. The molecule has 2 amide bonds. The molecule has 168 valence electrons. The molecule has 0 saturated carbocycles. The fraction of sp³-hybridized carbons (Fsp3) is 0.240. The van der Waals surface area contributed by atoms with Crippen molar-refractivity contribution in [1.29, 1.82) is 0 Å². The van der Waals surface area contributed by atoms with E-state index in [1.54, 1.807) is 29.2 Å². The number of hydrogen-bond donors (Lipinski definition) is 1. The lowest BCUT2D eigenvalue weighted by Crippen LogP contribution is -2.35. The minimum Gasteiger partial charge on any atom is -0.492 e. The van der Waals surface area contributed by atoms with Crippen molar-refractivity contribution < 1.29 is 18.7 Å². The minimum absolute atomic E-state index is 0.0762. The Morgan fingerprint density at radius 1 is 1.21 bits per heavy atom. The third-order valence-corrected chi connectivity index (χ3v) is 6.49. The van der Waals surface area contributed by atoms with Crippen molar-refractivity contribution in [3.8, 4) is 5.75 Å². The van der Waals surface area contributed by atoms with Gasteiger partial charge in [-0.05, 0) is 53.8 Å². The van der Waals surface area contributed by atoms with Crippen LogP contribution in [0.15, 0.2) is 48.7 Å². The zero-order chi connectivity index (χ0) is 23.1. The number of aromatic nitrogens is 1.